The summed E-state index contributed by atoms with van der Waals surface area (Å²) in [6.07, 6.45) is 1.55. The first kappa shape index (κ1) is 55.4. The van der Waals surface area contributed by atoms with E-state index in [0.717, 1.165) is 151 Å². The number of H-pyrrole nitrogens is 4. The molecule has 8 aromatic carbocycles. The third-order valence-electron chi connectivity index (χ3n) is 16.4. The number of fused-ring (bicyclic) bond motifs is 4. The van der Waals surface area contributed by atoms with Crippen LogP contribution in [-0.4, -0.2) is 76.8 Å². The quantitative estimate of drug-likeness (QED) is 0.0949. The van der Waals surface area contributed by atoms with Crippen LogP contribution in [0.3, 0.4) is 0 Å². The molecule has 1 aliphatic heterocycles. The number of rotatable bonds is 12. The Kier molecular flexibility index (Phi) is 14.7. The number of halogens is 4. The summed E-state index contributed by atoms with van der Waals surface area (Å²) in [6.45, 7) is 0. The van der Waals surface area contributed by atoms with Gasteiger partial charge in [0.2, 0.25) is 0 Å². The second-order valence-corrected chi connectivity index (χ2v) is 24.4. The van der Waals surface area contributed by atoms with Crippen molar-refractivity contribution in [1.29, 1.82) is 0 Å². The van der Waals surface area contributed by atoms with Gasteiger partial charge >= 0.3 is 0 Å². The molecule has 0 spiro atoms. The zero-order valence-corrected chi connectivity index (χ0v) is 53.5. The Morgan fingerprint density at radius 3 is 0.679 bits per heavy atom. The Hall–Kier alpha value is -7.76. The maximum absolute atomic E-state index is 6.46. The maximum Gasteiger partial charge on any atom is 0.132 e. The van der Waals surface area contributed by atoms with E-state index in [1.165, 1.54) is 0 Å². The molecule has 84 heavy (non-hydrogen) atoms. The fraction of sp³-hybridized carbons (Fsp3) is 0.176. The Balaban J connectivity index is 1.23. The summed E-state index contributed by atoms with van der Waals surface area (Å²) in [5.74, 6) is 5.19. The van der Waals surface area contributed by atoms with Crippen LogP contribution in [0.5, 0.6) is 46.0 Å². The number of hydrogen-bond donors (Lipinski definition) is 4. The second kappa shape index (κ2) is 22.3. The van der Waals surface area contributed by atoms with Gasteiger partial charge in [-0.1, -0.05) is 112 Å². The van der Waals surface area contributed by atoms with Crippen LogP contribution in [0.15, 0.2) is 139 Å². The first-order valence-corrected chi connectivity index (χ1v) is 30.3. The minimum atomic E-state index is 0.353. The normalized spacial score (nSPS) is 12.3. The minimum Gasteiger partial charge on any atom is -0.496 e. The first-order valence-electron chi connectivity index (χ1n) is 27.1. The van der Waals surface area contributed by atoms with Crippen molar-refractivity contribution < 1.29 is 37.9 Å². The van der Waals surface area contributed by atoms with Crippen LogP contribution in [-0.2, 0) is 25.7 Å². The molecule has 12 nitrogen and oxygen atoms in total. The lowest BCUT2D eigenvalue weighted by Crippen LogP contribution is -2.01. The van der Waals surface area contributed by atoms with Crippen molar-refractivity contribution in [3.05, 3.63) is 184 Å². The molecule has 0 saturated heterocycles. The summed E-state index contributed by atoms with van der Waals surface area (Å²) in [7, 11) is 13.7. The number of aromatic nitrogens is 4. The highest BCUT2D eigenvalue weighted by Crippen LogP contribution is 2.53. The molecule has 4 N–H and O–H groups in total. The van der Waals surface area contributed by atoms with E-state index in [4.69, 9.17) is 37.9 Å². The van der Waals surface area contributed by atoms with Gasteiger partial charge < -0.3 is 57.8 Å². The van der Waals surface area contributed by atoms with Crippen LogP contribution < -0.4 is 37.9 Å². The number of nitrogens with one attached hydrogen (secondary N) is 4. The third-order valence-corrected chi connectivity index (χ3v) is 18.6. The van der Waals surface area contributed by atoms with Crippen LogP contribution >= 0.6 is 63.7 Å². The van der Waals surface area contributed by atoms with Gasteiger partial charge in [0.05, 0.1) is 100 Å². The lowest BCUT2D eigenvalue weighted by Gasteiger charge is -2.17. The lowest BCUT2D eigenvalue weighted by atomic mass is 9.92. The first-order chi connectivity index (χ1) is 40.9. The molecule has 0 radical (unpaired) electrons. The number of aromatic amines is 4. The third kappa shape index (κ3) is 9.18. The van der Waals surface area contributed by atoms with Gasteiger partial charge in [0.25, 0.3) is 0 Å². The van der Waals surface area contributed by atoms with Gasteiger partial charge in [-0.15, -0.1) is 0 Å². The molecule has 0 aliphatic carbocycles. The summed E-state index contributed by atoms with van der Waals surface area (Å²) < 4.78 is 55.3. The van der Waals surface area contributed by atoms with Gasteiger partial charge in [-0.3, -0.25) is 0 Å². The summed E-state index contributed by atoms with van der Waals surface area (Å²) in [6, 6.07) is 41.8. The zero-order valence-electron chi connectivity index (χ0n) is 47.2. The van der Waals surface area contributed by atoms with Gasteiger partial charge in [0, 0.05) is 135 Å². The smallest absolute Gasteiger partial charge is 0.132 e. The van der Waals surface area contributed by atoms with E-state index < -0.39 is 0 Å². The van der Waals surface area contributed by atoms with Crippen LogP contribution in [0.4, 0.5) is 0 Å². The van der Waals surface area contributed by atoms with E-state index in [0.29, 0.717) is 71.7 Å². The van der Waals surface area contributed by atoms with Crippen molar-refractivity contribution in [2.24, 2.45) is 0 Å². The SMILES string of the molecule is COc1cc(OC)c2c(-c3ccc(Br)cc3)c3[nH]c2c1Cc1[nH]c2c(c(OC)cc(OC)c2c1-c1ccc(Br)cc1)Cc1c(OC)cc(OC)c2c(-c4ccc(Br)cc4)c([nH]c12)Cc1c(OC)cc(OC)c2c(-c4ccc(Br)cc4)c([nH]c12)C3. The Morgan fingerprint density at radius 1 is 0.262 bits per heavy atom. The van der Waals surface area contributed by atoms with Gasteiger partial charge in [-0.2, -0.15) is 0 Å². The lowest BCUT2D eigenvalue weighted by molar-refractivity contribution is 0.392. The molecule has 12 aromatic rings. The summed E-state index contributed by atoms with van der Waals surface area (Å²) >= 11 is 14.9. The fourth-order valence-corrected chi connectivity index (χ4v) is 13.8. The van der Waals surface area contributed by atoms with Gasteiger partial charge in [-0.05, 0) is 70.8 Å². The van der Waals surface area contributed by atoms with Gasteiger partial charge in [0.15, 0.2) is 0 Å². The van der Waals surface area contributed by atoms with E-state index in [2.05, 4.69) is 181 Å². The molecular weight excluding hydrogens is 1320 g/mol. The highest BCUT2D eigenvalue weighted by Gasteiger charge is 2.32. The molecule has 13 rings (SSSR count). The van der Waals surface area contributed by atoms with E-state index in [1.807, 2.05) is 24.3 Å². The number of ether oxygens (including phenoxy) is 8. The highest BCUT2D eigenvalue weighted by atomic mass is 79.9. The predicted molar refractivity (Wildman–Crippen MR) is 349 cm³/mol. The van der Waals surface area contributed by atoms with Crippen molar-refractivity contribution >= 4 is 107 Å². The topological polar surface area (TPSA) is 137 Å². The Morgan fingerprint density at radius 2 is 0.464 bits per heavy atom. The molecular formula is C68H56Br4N4O8. The van der Waals surface area contributed by atoms with E-state index in [-0.39, 0.29) is 0 Å². The zero-order chi connectivity index (χ0) is 58.2. The van der Waals surface area contributed by atoms with Crippen LogP contribution in [0, 0.1) is 0 Å². The average Bonchev–Trinajstić information content (AvgIpc) is 3.99. The van der Waals surface area contributed by atoms with Crippen molar-refractivity contribution in [3.8, 4) is 90.5 Å². The molecule has 5 heterocycles. The summed E-state index contributed by atoms with van der Waals surface area (Å²) in [4.78, 5) is 16.3. The number of benzene rings is 8. The molecule has 0 fully saturated rings. The molecule has 0 amide bonds. The molecule has 0 atom stereocenters. The van der Waals surface area contributed by atoms with Crippen LogP contribution in [0.1, 0.15) is 45.0 Å². The molecule has 16 heteroatoms. The Bertz CT molecular complexity index is 4270. The monoisotopic (exact) mass is 1370 g/mol. The van der Waals surface area contributed by atoms with Crippen molar-refractivity contribution in [3.63, 3.8) is 0 Å². The second-order valence-electron chi connectivity index (χ2n) is 20.7. The molecule has 8 bridgehead atoms. The average molecular weight is 1380 g/mol. The largest absolute Gasteiger partial charge is 0.496 e. The van der Waals surface area contributed by atoms with Gasteiger partial charge in [0.1, 0.15) is 46.0 Å². The molecule has 0 unspecified atom stereocenters. The summed E-state index contributed by atoms with van der Waals surface area (Å²) in [5.41, 5.74) is 18.7. The van der Waals surface area contributed by atoms with Crippen LogP contribution in [0.25, 0.3) is 88.1 Å². The van der Waals surface area contributed by atoms with Crippen LogP contribution in [0.2, 0.25) is 0 Å². The maximum atomic E-state index is 6.46. The molecule has 1 aliphatic rings. The highest BCUT2D eigenvalue weighted by molar-refractivity contribution is 9.11. The standard InChI is InChI=1S/C68H56Br4N4O8/c1-77-49-29-53(81-5)61-57(33-9-17-37(69)18-10-33)45-26-43-51(79-3)31-55(83-7)63-59(35-13-21-39(71)22-14-35)47(75-67(43)63)28-48-60(36-15-23-40(72)24-16-36)64-56(84-8)32-52(80-4)44(68(64)76-48)27-46-58(34-11-19-38(70)20-12-34)62-54(82-6)30-50(78-2)42(66(62)74-46)25-41(49)65(61)73-45/h9-24,29-32,73-76H,25-28H2,1-8H3. The number of hydrogen-bond acceptors (Lipinski definition) is 8. The van der Waals surface area contributed by atoms with Crippen molar-refractivity contribution in [2.75, 3.05) is 56.9 Å². The molecule has 424 valence electrons. The molecule has 4 aromatic heterocycles. The van der Waals surface area contributed by atoms with Crippen molar-refractivity contribution in [1.82, 2.24) is 19.9 Å². The predicted octanol–water partition coefficient (Wildman–Crippen LogP) is 18.1. The summed E-state index contributed by atoms with van der Waals surface area (Å²) in [5, 5.41) is 3.62. The minimum absolute atomic E-state index is 0.353. The Labute approximate surface area is 518 Å². The number of methoxy groups -OCH3 is 8. The van der Waals surface area contributed by atoms with E-state index in [9.17, 15) is 0 Å². The molecule has 0 saturated carbocycles. The van der Waals surface area contributed by atoms with Crippen molar-refractivity contribution in [2.45, 2.75) is 25.7 Å². The van der Waals surface area contributed by atoms with E-state index >= 15 is 0 Å². The fourth-order valence-electron chi connectivity index (χ4n) is 12.8. The van der Waals surface area contributed by atoms with Gasteiger partial charge in [-0.25, -0.2) is 0 Å². The van der Waals surface area contributed by atoms with E-state index in [1.54, 1.807) is 56.9 Å².